The maximum Gasteiger partial charge on any atom is 0.231 e. The first-order chi connectivity index (χ1) is 7.77. The number of nitrogens with one attached hydrogen (secondary N) is 1. The van der Waals surface area contributed by atoms with Gasteiger partial charge in [0.2, 0.25) is 5.91 Å². The molecule has 1 amide bonds. The number of fused-ring (bicyclic) bond motifs is 1. The van der Waals surface area contributed by atoms with E-state index in [2.05, 4.69) is 10.3 Å². The summed E-state index contributed by atoms with van der Waals surface area (Å²) in [5.74, 6) is -0.354. The summed E-state index contributed by atoms with van der Waals surface area (Å²) < 4.78 is 0. The quantitative estimate of drug-likeness (QED) is 0.793. The van der Waals surface area contributed by atoms with Gasteiger partial charge in [-0.25, -0.2) is 0 Å². The minimum atomic E-state index is -0.354. The van der Waals surface area contributed by atoms with Crippen LogP contribution in [0.3, 0.4) is 0 Å². The Morgan fingerprint density at radius 3 is 2.94 bits per heavy atom. The van der Waals surface area contributed by atoms with Crippen LogP contribution in [0.1, 0.15) is 5.56 Å². The topological polar surface area (TPSA) is 68.0 Å². The molecule has 1 heterocycles. The van der Waals surface area contributed by atoms with E-state index < -0.39 is 0 Å². The Morgan fingerprint density at radius 2 is 2.12 bits per heavy atom. The van der Waals surface area contributed by atoms with Gasteiger partial charge >= 0.3 is 0 Å². The minimum absolute atomic E-state index is 0.184. The lowest BCUT2D eigenvalue weighted by molar-refractivity contribution is -0.117. The largest absolute Gasteiger partial charge is 0.369 e. The van der Waals surface area contributed by atoms with Gasteiger partial charge in [-0.1, -0.05) is 24.3 Å². The van der Waals surface area contributed by atoms with Gasteiger partial charge in [-0.15, -0.1) is 0 Å². The third-order valence-electron chi connectivity index (χ3n) is 2.33. The molecule has 1 aromatic carbocycles. The van der Waals surface area contributed by atoms with Gasteiger partial charge in [0.25, 0.3) is 0 Å². The van der Waals surface area contributed by atoms with Gasteiger partial charge < -0.3 is 11.1 Å². The normalized spacial score (nSPS) is 10.5. The Hall–Kier alpha value is -1.94. The van der Waals surface area contributed by atoms with Crippen molar-refractivity contribution in [3.05, 3.63) is 42.1 Å². The SMILES string of the molecule is NC(=O)CNCc1cccc2cccnc12. The number of nitrogens with zero attached hydrogens (tertiary/aromatic N) is 1. The molecule has 0 bridgehead atoms. The highest BCUT2D eigenvalue weighted by atomic mass is 16.1. The predicted molar refractivity (Wildman–Crippen MR) is 62.6 cm³/mol. The van der Waals surface area contributed by atoms with Gasteiger partial charge in [-0.2, -0.15) is 0 Å². The second-order valence-electron chi connectivity index (χ2n) is 3.56. The molecular formula is C12H13N3O. The van der Waals surface area contributed by atoms with E-state index >= 15 is 0 Å². The van der Waals surface area contributed by atoms with Crippen LogP contribution >= 0.6 is 0 Å². The molecule has 4 heteroatoms. The van der Waals surface area contributed by atoms with Crippen LogP contribution in [-0.2, 0) is 11.3 Å². The number of hydrogen-bond acceptors (Lipinski definition) is 3. The van der Waals surface area contributed by atoms with E-state index in [1.807, 2.05) is 30.3 Å². The Bertz CT molecular complexity index is 505. The molecule has 16 heavy (non-hydrogen) atoms. The highest BCUT2D eigenvalue weighted by molar-refractivity contribution is 5.81. The zero-order valence-electron chi connectivity index (χ0n) is 8.81. The molecule has 82 valence electrons. The van der Waals surface area contributed by atoms with Crippen LogP contribution in [-0.4, -0.2) is 17.4 Å². The number of para-hydroxylation sites is 1. The third kappa shape index (κ3) is 2.35. The Kier molecular flexibility index (Phi) is 3.12. The molecule has 4 nitrogen and oxygen atoms in total. The van der Waals surface area contributed by atoms with Crippen molar-refractivity contribution in [3.8, 4) is 0 Å². The zero-order chi connectivity index (χ0) is 11.4. The molecule has 0 unspecified atom stereocenters. The van der Waals surface area contributed by atoms with Crippen molar-refractivity contribution in [1.82, 2.24) is 10.3 Å². The van der Waals surface area contributed by atoms with Crippen LogP contribution in [0.2, 0.25) is 0 Å². The molecular weight excluding hydrogens is 202 g/mol. The lowest BCUT2D eigenvalue weighted by Gasteiger charge is -2.05. The average molecular weight is 215 g/mol. The Morgan fingerprint density at radius 1 is 1.31 bits per heavy atom. The molecule has 0 radical (unpaired) electrons. The van der Waals surface area contributed by atoms with Gasteiger partial charge in [-0.05, 0) is 11.6 Å². The molecule has 0 atom stereocenters. The summed E-state index contributed by atoms with van der Waals surface area (Å²) in [6.45, 7) is 0.778. The average Bonchev–Trinajstić information content (AvgIpc) is 2.29. The van der Waals surface area contributed by atoms with E-state index in [1.54, 1.807) is 6.20 Å². The van der Waals surface area contributed by atoms with Gasteiger partial charge in [0.15, 0.2) is 0 Å². The first-order valence-electron chi connectivity index (χ1n) is 5.09. The first kappa shape index (κ1) is 10.6. The second-order valence-corrected chi connectivity index (χ2v) is 3.56. The molecule has 0 saturated heterocycles. The number of hydrogen-bond donors (Lipinski definition) is 2. The van der Waals surface area contributed by atoms with Crippen molar-refractivity contribution < 1.29 is 4.79 Å². The summed E-state index contributed by atoms with van der Waals surface area (Å²) in [5.41, 5.74) is 7.08. The summed E-state index contributed by atoms with van der Waals surface area (Å²) in [5, 5.41) is 4.08. The van der Waals surface area contributed by atoms with Crippen molar-refractivity contribution >= 4 is 16.8 Å². The number of carbonyl (C=O) groups excluding carboxylic acids is 1. The molecule has 2 aromatic rings. The third-order valence-corrected chi connectivity index (χ3v) is 2.33. The van der Waals surface area contributed by atoms with Gasteiger partial charge in [-0.3, -0.25) is 9.78 Å². The maximum absolute atomic E-state index is 10.6. The van der Waals surface area contributed by atoms with Crippen LogP contribution in [0.5, 0.6) is 0 Å². The lowest BCUT2D eigenvalue weighted by atomic mass is 10.1. The second kappa shape index (κ2) is 4.72. The lowest BCUT2D eigenvalue weighted by Crippen LogP contribution is -2.28. The molecule has 2 rings (SSSR count). The van der Waals surface area contributed by atoms with E-state index in [1.165, 1.54) is 0 Å². The molecule has 0 saturated carbocycles. The number of rotatable bonds is 4. The summed E-state index contributed by atoms with van der Waals surface area (Å²) in [6.07, 6.45) is 1.76. The number of amides is 1. The first-order valence-corrected chi connectivity index (χ1v) is 5.09. The molecule has 0 aliphatic rings. The number of nitrogens with two attached hydrogens (primary N) is 1. The fraction of sp³-hybridized carbons (Fsp3) is 0.167. The number of pyridine rings is 1. The number of aromatic nitrogens is 1. The maximum atomic E-state index is 10.6. The fourth-order valence-electron chi connectivity index (χ4n) is 1.63. The van der Waals surface area contributed by atoms with Crippen LogP contribution in [0, 0.1) is 0 Å². The predicted octanol–water partition coefficient (Wildman–Crippen LogP) is 0.810. The van der Waals surface area contributed by atoms with E-state index in [9.17, 15) is 4.79 Å². The Balaban J connectivity index is 2.20. The van der Waals surface area contributed by atoms with Crippen LogP contribution < -0.4 is 11.1 Å². The number of benzene rings is 1. The fourth-order valence-corrected chi connectivity index (χ4v) is 1.63. The summed E-state index contributed by atoms with van der Waals surface area (Å²) in [4.78, 5) is 14.9. The van der Waals surface area contributed by atoms with E-state index in [0.29, 0.717) is 6.54 Å². The van der Waals surface area contributed by atoms with Crippen molar-refractivity contribution in [2.75, 3.05) is 6.54 Å². The van der Waals surface area contributed by atoms with E-state index in [-0.39, 0.29) is 12.5 Å². The van der Waals surface area contributed by atoms with Gasteiger partial charge in [0.05, 0.1) is 12.1 Å². The monoisotopic (exact) mass is 215 g/mol. The van der Waals surface area contributed by atoms with E-state index in [4.69, 9.17) is 5.73 Å². The highest BCUT2D eigenvalue weighted by Gasteiger charge is 2.01. The zero-order valence-corrected chi connectivity index (χ0v) is 8.81. The molecule has 1 aromatic heterocycles. The molecule has 0 aliphatic heterocycles. The number of carbonyl (C=O) groups is 1. The highest BCUT2D eigenvalue weighted by Crippen LogP contribution is 2.15. The number of primary amides is 1. The summed E-state index contributed by atoms with van der Waals surface area (Å²) in [6, 6.07) is 9.90. The van der Waals surface area contributed by atoms with Crippen molar-refractivity contribution in [2.45, 2.75) is 6.54 Å². The smallest absolute Gasteiger partial charge is 0.231 e. The Labute approximate surface area is 93.5 Å². The molecule has 0 spiro atoms. The van der Waals surface area contributed by atoms with Crippen molar-refractivity contribution in [2.24, 2.45) is 5.73 Å². The van der Waals surface area contributed by atoms with Crippen molar-refractivity contribution in [1.29, 1.82) is 0 Å². The molecule has 0 aliphatic carbocycles. The molecule has 0 fully saturated rings. The minimum Gasteiger partial charge on any atom is -0.369 e. The molecule has 3 N–H and O–H groups in total. The van der Waals surface area contributed by atoms with Gasteiger partial charge in [0, 0.05) is 18.1 Å². The summed E-state index contributed by atoms with van der Waals surface area (Å²) >= 11 is 0. The van der Waals surface area contributed by atoms with Crippen molar-refractivity contribution in [3.63, 3.8) is 0 Å². The van der Waals surface area contributed by atoms with Crippen LogP contribution in [0.15, 0.2) is 36.5 Å². The standard InChI is InChI=1S/C12H13N3O/c13-11(16)8-14-7-10-4-1-3-9-5-2-6-15-12(9)10/h1-6,14H,7-8H2,(H2,13,16). The summed E-state index contributed by atoms with van der Waals surface area (Å²) in [7, 11) is 0. The van der Waals surface area contributed by atoms with Crippen LogP contribution in [0.25, 0.3) is 10.9 Å². The van der Waals surface area contributed by atoms with Crippen LogP contribution in [0.4, 0.5) is 0 Å². The van der Waals surface area contributed by atoms with E-state index in [0.717, 1.165) is 16.5 Å². The van der Waals surface area contributed by atoms with Gasteiger partial charge in [0.1, 0.15) is 0 Å².